The quantitative estimate of drug-likeness (QED) is 0.926. The number of nitrogens with zero attached hydrogens (tertiary/aromatic N) is 2. The van der Waals surface area contributed by atoms with E-state index >= 15 is 0 Å². The van der Waals surface area contributed by atoms with Gasteiger partial charge in [-0.3, -0.25) is 0 Å². The Morgan fingerprint density at radius 2 is 2.00 bits per heavy atom. The lowest BCUT2D eigenvalue weighted by Crippen LogP contribution is -2.04. The molecule has 0 unspecified atom stereocenters. The van der Waals surface area contributed by atoms with Gasteiger partial charge >= 0.3 is 0 Å². The molecule has 2 heterocycles. The van der Waals surface area contributed by atoms with E-state index in [1.165, 1.54) is 0 Å². The van der Waals surface area contributed by atoms with Gasteiger partial charge in [0, 0.05) is 18.3 Å². The average molecular weight is 271 g/mol. The first-order valence-electron chi connectivity index (χ1n) is 6.71. The van der Waals surface area contributed by atoms with Gasteiger partial charge in [-0.2, -0.15) is 0 Å². The first kappa shape index (κ1) is 12.7. The number of aryl methyl sites for hydroxylation is 2. The van der Waals surface area contributed by atoms with Crippen molar-refractivity contribution >= 4 is 5.82 Å². The first-order chi connectivity index (χ1) is 9.74. The van der Waals surface area contributed by atoms with Crippen LogP contribution < -0.4 is 14.8 Å². The molecule has 0 bridgehead atoms. The van der Waals surface area contributed by atoms with Crippen LogP contribution in [0.3, 0.4) is 0 Å². The van der Waals surface area contributed by atoms with Crippen LogP contribution in [0, 0.1) is 6.92 Å². The van der Waals surface area contributed by atoms with Crippen molar-refractivity contribution in [1.82, 2.24) is 9.97 Å². The highest BCUT2D eigenvalue weighted by Crippen LogP contribution is 2.32. The van der Waals surface area contributed by atoms with E-state index in [2.05, 4.69) is 22.2 Å². The second kappa shape index (κ2) is 5.36. The van der Waals surface area contributed by atoms with Gasteiger partial charge in [-0.05, 0) is 31.0 Å². The normalized spacial score (nSPS) is 12.5. The highest BCUT2D eigenvalue weighted by molar-refractivity contribution is 5.46. The van der Waals surface area contributed by atoms with Gasteiger partial charge in [0.2, 0.25) is 6.79 Å². The van der Waals surface area contributed by atoms with Gasteiger partial charge in [-0.1, -0.05) is 13.0 Å². The lowest BCUT2D eigenvalue weighted by atomic mass is 10.2. The maximum absolute atomic E-state index is 5.37. The molecule has 0 fully saturated rings. The van der Waals surface area contributed by atoms with Crippen LogP contribution in [-0.2, 0) is 13.0 Å². The van der Waals surface area contributed by atoms with Crippen LogP contribution >= 0.6 is 0 Å². The summed E-state index contributed by atoms with van der Waals surface area (Å²) >= 11 is 0. The zero-order valence-corrected chi connectivity index (χ0v) is 11.6. The number of anilines is 1. The molecule has 0 aliphatic carbocycles. The van der Waals surface area contributed by atoms with Crippen LogP contribution in [0.15, 0.2) is 24.3 Å². The van der Waals surface area contributed by atoms with E-state index in [0.29, 0.717) is 13.3 Å². The van der Waals surface area contributed by atoms with Crippen molar-refractivity contribution in [2.75, 3.05) is 12.1 Å². The molecule has 0 atom stereocenters. The van der Waals surface area contributed by atoms with Crippen LogP contribution in [0.5, 0.6) is 11.5 Å². The molecule has 0 spiro atoms. The standard InChI is InChI=1S/C15H17N3O2/c1-3-12-7-15(18-10(2)17-12)16-8-11-4-5-13-14(6-11)20-9-19-13/h4-7H,3,8-9H2,1-2H3,(H,16,17,18). The molecule has 5 heteroatoms. The van der Waals surface area contributed by atoms with Gasteiger partial charge in [0.25, 0.3) is 0 Å². The number of benzene rings is 1. The second-order valence-corrected chi connectivity index (χ2v) is 4.69. The minimum absolute atomic E-state index is 0.303. The number of ether oxygens (including phenoxy) is 2. The third-order valence-corrected chi connectivity index (χ3v) is 3.16. The summed E-state index contributed by atoms with van der Waals surface area (Å²) in [5.74, 6) is 3.25. The van der Waals surface area contributed by atoms with Gasteiger partial charge in [0.05, 0.1) is 0 Å². The molecule has 20 heavy (non-hydrogen) atoms. The fraction of sp³-hybridized carbons (Fsp3) is 0.333. The summed E-state index contributed by atoms with van der Waals surface area (Å²) in [6.07, 6.45) is 0.905. The number of hydrogen-bond acceptors (Lipinski definition) is 5. The zero-order chi connectivity index (χ0) is 13.9. The van der Waals surface area contributed by atoms with E-state index in [4.69, 9.17) is 9.47 Å². The van der Waals surface area contributed by atoms with Crippen molar-refractivity contribution in [1.29, 1.82) is 0 Å². The fourth-order valence-electron chi connectivity index (χ4n) is 2.14. The topological polar surface area (TPSA) is 56.3 Å². The minimum atomic E-state index is 0.303. The van der Waals surface area contributed by atoms with Crippen molar-refractivity contribution in [3.8, 4) is 11.5 Å². The predicted molar refractivity (Wildman–Crippen MR) is 76.0 cm³/mol. The van der Waals surface area contributed by atoms with Gasteiger partial charge in [0.15, 0.2) is 11.5 Å². The zero-order valence-electron chi connectivity index (χ0n) is 11.6. The molecular weight excluding hydrogens is 254 g/mol. The van der Waals surface area contributed by atoms with E-state index < -0.39 is 0 Å². The molecule has 2 aromatic rings. The number of nitrogens with one attached hydrogen (secondary N) is 1. The Kier molecular flexibility index (Phi) is 3.41. The first-order valence-corrected chi connectivity index (χ1v) is 6.71. The second-order valence-electron chi connectivity index (χ2n) is 4.69. The third kappa shape index (κ3) is 2.66. The summed E-state index contributed by atoms with van der Waals surface area (Å²) in [5, 5.41) is 3.32. The summed E-state index contributed by atoms with van der Waals surface area (Å²) in [7, 11) is 0. The van der Waals surface area contributed by atoms with Gasteiger partial charge in [-0.15, -0.1) is 0 Å². The Morgan fingerprint density at radius 3 is 2.85 bits per heavy atom. The molecule has 3 rings (SSSR count). The molecule has 1 aliphatic heterocycles. The van der Waals surface area contributed by atoms with Gasteiger partial charge in [0.1, 0.15) is 11.6 Å². The maximum Gasteiger partial charge on any atom is 0.231 e. The highest BCUT2D eigenvalue weighted by atomic mass is 16.7. The van der Waals surface area contributed by atoms with Crippen LogP contribution in [0.4, 0.5) is 5.82 Å². The lowest BCUT2D eigenvalue weighted by Gasteiger charge is -2.08. The Labute approximate surface area is 118 Å². The Hall–Kier alpha value is -2.30. The molecule has 1 aliphatic rings. The maximum atomic E-state index is 5.37. The summed E-state index contributed by atoms with van der Waals surface area (Å²) < 4.78 is 10.7. The molecular formula is C15H17N3O2. The van der Waals surface area contributed by atoms with Crippen LogP contribution in [0.1, 0.15) is 24.0 Å². The van der Waals surface area contributed by atoms with E-state index in [0.717, 1.165) is 40.8 Å². The van der Waals surface area contributed by atoms with E-state index in [9.17, 15) is 0 Å². The summed E-state index contributed by atoms with van der Waals surface area (Å²) in [6, 6.07) is 7.93. The van der Waals surface area contributed by atoms with Crippen LogP contribution in [0.2, 0.25) is 0 Å². The van der Waals surface area contributed by atoms with Crippen molar-refractivity contribution in [3.05, 3.63) is 41.3 Å². The molecule has 0 radical (unpaired) electrons. The summed E-state index contributed by atoms with van der Waals surface area (Å²) in [5.41, 5.74) is 2.18. The number of rotatable bonds is 4. The van der Waals surface area contributed by atoms with Crippen LogP contribution in [0.25, 0.3) is 0 Å². The van der Waals surface area contributed by atoms with E-state index in [-0.39, 0.29) is 0 Å². The predicted octanol–water partition coefficient (Wildman–Crippen LogP) is 2.69. The van der Waals surface area contributed by atoms with E-state index in [1.807, 2.05) is 31.2 Å². The lowest BCUT2D eigenvalue weighted by molar-refractivity contribution is 0.174. The van der Waals surface area contributed by atoms with Gasteiger partial charge < -0.3 is 14.8 Å². The third-order valence-electron chi connectivity index (χ3n) is 3.16. The van der Waals surface area contributed by atoms with Crippen molar-refractivity contribution < 1.29 is 9.47 Å². The monoisotopic (exact) mass is 271 g/mol. The SMILES string of the molecule is CCc1cc(NCc2ccc3c(c2)OCO3)nc(C)n1. The van der Waals surface area contributed by atoms with Crippen molar-refractivity contribution in [2.24, 2.45) is 0 Å². The molecule has 1 aromatic heterocycles. The van der Waals surface area contributed by atoms with Crippen molar-refractivity contribution in [2.45, 2.75) is 26.8 Å². The molecule has 0 saturated heterocycles. The Bertz CT molecular complexity index is 629. The minimum Gasteiger partial charge on any atom is -0.454 e. The highest BCUT2D eigenvalue weighted by Gasteiger charge is 2.13. The molecule has 104 valence electrons. The van der Waals surface area contributed by atoms with E-state index in [1.54, 1.807) is 0 Å². The Morgan fingerprint density at radius 1 is 1.15 bits per heavy atom. The number of aromatic nitrogens is 2. The molecule has 0 amide bonds. The average Bonchev–Trinajstić information content (AvgIpc) is 2.92. The molecule has 5 nitrogen and oxygen atoms in total. The number of fused-ring (bicyclic) bond motifs is 1. The smallest absolute Gasteiger partial charge is 0.231 e. The van der Waals surface area contributed by atoms with Crippen molar-refractivity contribution in [3.63, 3.8) is 0 Å². The Balaban J connectivity index is 1.71. The largest absolute Gasteiger partial charge is 0.454 e. The van der Waals surface area contributed by atoms with Crippen LogP contribution in [-0.4, -0.2) is 16.8 Å². The van der Waals surface area contributed by atoms with Gasteiger partial charge in [-0.25, -0.2) is 9.97 Å². The summed E-state index contributed by atoms with van der Waals surface area (Å²) in [4.78, 5) is 8.76. The fourth-order valence-corrected chi connectivity index (χ4v) is 2.14. The summed E-state index contributed by atoms with van der Waals surface area (Å²) in [6.45, 7) is 4.99. The molecule has 0 saturated carbocycles. The molecule has 1 aromatic carbocycles. The molecule has 1 N–H and O–H groups in total. The number of hydrogen-bond donors (Lipinski definition) is 1.